The van der Waals surface area contributed by atoms with Gasteiger partial charge in [-0.25, -0.2) is 0 Å². The summed E-state index contributed by atoms with van der Waals surface area (Å²) in [5.41, 5.74) is 1.79. The van der Waals surface area contributed by atoms with Crippen LogP contribution in [0.3, 0.4) is 0 Å². The molecule has 4 rings (SSSR count). The smallest absolute Gasteiger partial charge is 0.311 e. The first-order valence-electron chi connectivity index (χ1n) is 14.4. The lowest BCUT2D eigenvalue weighted by Crippen LogP contribution is -2.57. The van der Waals surface area contributed by atoms with Gasteiger partial charge in [-0.05, 0) is 64.3 Å². The Bertz CT molecular complexity index is 1130. The lowest BCUT2D eigenvalue weighted by Gasteiger charge is -2.39. The number of likely N-dealkylation sites (tertiary alicyclic amines) is 1. The van der Waals surface area contributed by atoms with Crippen LogP contribution in [0.15, 0.2) is 49.6 Å². The van der Waals surface area contributed by atoms with E-state index in [4.69, 9.17) is 4.74 Å². The molecule has 1 aromatic carbocycles. The van der Waals surface area contributed by atoms with Crippen molar-refractivity contribution in [1.82, 2.24) is 4.90 Å². The fourth-order valence-corrected chi connectivity index (χ4v) is 9.40. The van der Waals surface area contributed by atoms with Crippen molar-refractivity contribution in [2.45, 2.75) is 68.5 Å². The lowest BCUT2D eigenvalue weighted by molar-refractivity contribution is -0.155. The van der Waals surface area contributed by atoms with Crippen molar-refractivity contribution in [3.8, 4) is 0 Å². The number of hydrogen-bond donors (Lipinski definition) is 1. The second-order valence-corrected chi connectivity index (χ2v) is 13.0. The maximum absolute atomic E-state index is 14.7. The molecule has 2 unspecified atom stereocenters. The average molecular weight is 570 g/mol. The molecule has 0 aliphatic carbocycles. The Hall–Kier alpha value is -2.78. The summed E-state index contributed by atoms with van der Waals surface area (Å²) >= 11 is 1.60. The Morgan fingerprint density at radius 2 is 1.80 bits per heavy atom. The first-order chi connectivity index (χ1) is 19.2. The van der Waals surface area contributed by atoms with Gasteiger partial charge in [0.15, 0.2) is 0 Å². The summed E-state index contributed by atoms with van der Waals surface area (Å²) in [6.45, 7) is 17.5. The molecule has 1 N–H and O–H groups in total. The topological polar surface area (TPSA) is 90.4 Å². The fraction of sp³-hybridized carbons (Fsp3) is 0.581. The Morgan fingerprint density at radius 1 is 1.15 bits per heavy atom. The normalized spacial score (nSPS) is 29.2. The van der Waals surface area contributed by atoms with Crippen LogP contribution >= 0.6 is 11.8 Å². The molecular formula is C31H43N3O5S. The highest BCUT2D eigenvalue weighted by atomic mass is 32.2. The predicted molar refractivity (Wildman–Crippen MR) is 160 cm³/mol. The van der Waals surface area contributed by atoms with Crippen LogP contribution in [-0.2, 0) is 19.1 Å². The molecule has 1 spiro atoms. The van der Waals surface area contributed by atoms with E-state index in [2.05, 4.69) is 31.9 Å². The third-order valence-electron chi connectivity index (χ3n) is 8.99. The number of carbonyl (C=O) groups is 3. The molecule has 3 aliphatic rings. The Labute approximate surface area is 242 Å². The molecule has 218 valence electrons. The van der Waals surface area contributed by atoms with Crippen LogP contribution in [0.4, 0.5) is 11.4 Å². The summed E-state index contributed by atoms with van der Waals surface area (Å²) in [4.78, 5) is 47.8. The number of fused-ring (bicyclic) bond motifs is 1. The quantitative estimate of drug-likeness (QED) is 0.283. The summed E-state index contributed by atoms with van der Waals surface area (Å²) in [5.74, 6) is -2.24. The number of carbonyl (C=O) groups excluding carboxylic acids is 3. The highest BCUT2D eigenvalue weighted by molar-refractivity contribution is 8.02. The number of ether oxygens (including phenoxy) is 1. The van der Waals surface area contributed by atoms with Gasteiger partial charge in [0.05, 0.1) is 29.2 Å². The number of benzene rings is 1. The minimum absolute atomic E-state index is 0.0703. The second-order valence-electron chi connectivity index (χ2n) is 11.1. The monoisotopic (exact) mass is 569 g/mol. The molecule has 40 heavy (non-hydrogen) atoms. The van der Waals surface area contributed by atoms with E-state index in [1.807, 2.05) is 38.1 Å². The second kappa shape index (κ2) is 12.0. The van der Waals surface area contributed by atoms with E-state index in [1.165, 1.54) is 6.08 Å². The van der Waals surface area contributed by atoms with Gasteiger partial charge in [-0.2, -0.15) is 0 Å². The molecule has 1 aromatic rings. The third kappa shape index (κ3) is 4.75. The number of amides is 2. The van der Waals surface area contributed by atoms with Crippen LogP contribution in [-0.4, -0.2) is 82.2 Å². The summed E-state index contributed by atoms with van der Waals surface area (Å²) in [7, 11) is 0. The van der Waals surface area contributed by atoms with Gasteiger partial charge in [0, 0.05) is 35.8 Å². The van der Waals surface area contributed by atoms with Gasteiger partial charge in [0.2, 0.25) is 5.91 Å². The third-order valence-corrected chi connectivity index (χ3v) is 11.0. The van der Waals surface area contributed by atoms with Crippen LogP contribution in [0.1, 0.15) is 47.0 Å². The van der Waals surface area contributed by atoms with Gasteiger partial charge in [0.1, 0.15) is 12.6 Å². The number of aliphatic hydroxyl groups excluding tert-OH is 1. The largest absolute Gasteiger partial charge is 0.461 e. The fourth-order valence-electron chi connectivity index (χ4n) is 7.07. The van der Waals surface area contributed by atoms with Gasteiger partial charge in [-0.1, -0.05) is 25.7 Å². The highest BCUT2D eigenvalue weighted by Crippen LogP contribution is 2.71. The van der Waals surface area contributed by atoms with E-state index in [0.29, 0.717) is 19.3 Å². The van der Waals surface area contributed by atoms with Crippen molar-refractivity contribution in [1.29, 1.82) is 0 Å². The van der Waals surface area contributed by atoms with Crippen LogP contribution in [0.25, 0.3) is 0 Å². The number of aliphatic hydroxyl groups is 1. The number of hydrogen-bond acceptors (Lipinski definition) is 7. The molecule has 3 saturated heterocycles. The minimum Gasteiger partial charge on any atom is -0.461 e. The minimum atomic E-state index is -0.825. The van der Waals surface area contributed by atoms with Gasteiger partial charge in [0.25, 0.3) is 5.91 Å². The Morgan fingerprint density at radius 3 is 2.35 bits per heavy atom. The highest BCUT2D eigenvalue weighted by Gasteiger charge is 2.78. The van der Waals surface area contributed by atoms with Crippen molar-refractivity contribution in [3.63, 3.8) is 0 Å². The molecule has 0 aromatic heterocycles. The molecule has 0 saturated carbocycles. The number of thioether (sulfide) groups is 1. The summed E-state index contributed by atoms with van der Waals surface area (Å²) in [6, 6.07) is 6.53. The predicted octanol–water partition coefficient (Wildman–Crippen LogP) is 4.03. The van der Waals surface area contributed by atoms with Gasteiger partial charge >= 0.3 is 5.97 Å². The molecule has 3 aliphatic heterocycles. The summed E-state index contributed by atoms with van der Waals surface area (Å²) in [5, 5.41) is 10.3. The number of esters is 1. The van der Waals surface area contributed by atoms with Crippen molar-refractivity contribution in [3.05, 3.63) is 49.6 Å². The van der Waals surface area contributed by atoms with Gasteiger partial charge in [-0.15, -0.1) is 18.3 Å². The standard InChI is InChI=1S/C31H43N3O5S/c1-7-18-33(23-14-12-22(13-15-23)32(10-4)11-5)28(37)26-31-17-16-30(6,40-31)25(29(38)39-19-8-2)24(31)27(36)34(26)21(9-3)20-35/h7-8,12-15,21,24-26,35H,1-2,9-11,16-20H2,3-6H3/t21-,24-,25-,26?,30+,31?/m0/s1. The zero-order valence-corrected chi connectivity index (χ0v) is 25.0. The van der Waals surface area contributed by atoms with E-state index in [0.717, 1.165) is 24.5 Å². The Balaban J connectivity index is 1.78. The molecule has 8 nitrogen and oxygen atoms in total. The number of rotatable bonds is 13. The maximum Gasteiger partial charge on any atom is 0.311 e. The zero-order valence-electron chi connectivity index (χ0n) is 24.2. The van der Waals surface area contributed by atoms with E-state index >= 15 is 0 Å². The average Bonchev–Trinajstić information content (AvgIpc) is 3.53. The summed E-state index contributed by atoms with van der Waals surface area (Å²) in [6.07, 6.45) is 5.02. The van der Waals surface area contributed by atoms with Crippen molar-refractivity contribution in [2.75, 3.05) is 42.6 Å². The lowest BCUT2D eigenvalue weighted by atomic mass is 9.66. The molecule has 6 atom stereocenters. The number of nitrogens with zero attached hydrogens (tertiary/aromatic N) is 3. The summed E-state index contributed by atoms with van der Waals surface area (Å²) < 4.78 is 4.19. The molecule has 0 radical (unpaired) electrons. The maximum atomic E-state index is 14.7. The van der Waals surface area contributed by atoms with Gasteiger partial charge in [-0.3, -0.25) is 14.4 Å². The van der Waals surface area contributed by atoms with Crippen LogP contribution in [0.5, 0.6) is 0 Å². The molecule has 3 heterocycles. The van der Waals surface area contributed by atoms with Crippen LogP contribution in [0, 0.1) is 11.8 Å². The number of anilines is 2. The van der Waals surface area contributed by atoms with E-state index in [9.17, 15) is 19.5 Å². The van der Waals surface area contributed by atoms with E-state index in [-0.39, 0.29) is 31.6 Å². The Kier molecular flexibility index (Phi) is 9.05. The van der Waals surface area contributed by atoms with Crippen molar-refractivity contribution >= 4 is 40.9 Å². The molecule has 2 bridgehead atoms. The van der Waals surface area contributed by atoms with Crippen LogP contribution in [0.2, 0.25) is 0 Å². The molecule has 3 fully saturated rings. The molecule has 9 heteroatoms. The van der Waals surface area contributed by atoms with Crippen LogP contribution < -0.4 is 9.80 Å². The van der Waals surface area contributed by atoms with Crippen molar-refractivity contribution < 1.29 is 24.2 Å². The van der Waals surface area contributed by atoms with E-state index < -0.39 is 39.4 Å². The van der Waals surface area contributed by atoms with Gasteiger partial charge < -0.3 is 24.5 Å². The SMILES string of the molecule is C=CCOC(=O)[C@@H]1[C@H]2C(=O)N([C@@H](CC)CO)C(C(=O)N(CC=C)c3ccc(N(CC)CC)cc3)C23CC[C@@]1(C)S3. The molecular weight excluding hydrogens is 526 g/mol. The van der Waals surface area contributed by atoms with Crippen molar-refractivity contribution in [2.24, 2.45) is 11.8 Å². The van der Waals surface area contributed by atoms with E-state index in [1.54, 1.807) is 27.6 Å². The first kappa shape index (κ1) is 30.2. The molecule has 2 amide bonds. The first-order valence-corrected chi connectivity index (χ1v) is 15.2. The zero-order chi connectivity index (χ0) is 29.2.